The Balaban J connectivity index is 1.71. The van der Waals surface area contributed by atoms with Gasteiger partial charge in [0.05, 0.1) is 10.7 Å². The van der Waals surface area contributed by atoms with Crippen molar-refractivity contribution < 1.29 is 9.18 Å². The molecule has 0 saturated heterocycles. The number of hydrogen-bond acceptors (Lipinski definition) is 7. The molecule has 0 aliphatic carbocycles. The fraction of sp³-hybridized carbons (Fsp3) is 0.143. The molecular formula is C21H21ClFN7O. The fourth-order valence-corrected chi connectivity index (χ4v) is 2.67. The van der Waals surface area contributed by atoms with E-state index in [9.17, 15) is 9.18 Å². The number of likely N-dealkylation sites (N-methyl/N-ethyl adjacent to an activating group) is 1. The van der Waals surface area contributed by atoms with E-state index in [0.717, 1.165) is 0 Å². The Morgan fingerprint density at radius 3 is 2.65 bits per heavy atom. The highest BCUT2D eigenvalue weighted by Crippen LogP contribution is 2.25. The normalized spacial score (nSPS) is 11.0. The molecule has 2 aromatic heterocycles. The molecular weight excluding hydrogens is 421 g/mol. The maximum atomic E-state index is 13.3. The van der Waals surface area contributed by atoms with Crippen molar-refractivity contribution in [1.82, 2.24) is 19.9 Å². The quantitative estimate of drug-likeness (QED) is 0.451. The van der Waals surface area contributed by atoms with Crippen molar-refractivity contribution in [2.75, 3.05) is 36.6 Å². The van der Waals surface area contributed by atoms with Crippen LogP contribution in [0.25, 0.3) is 0 Å². The van der Waals surface area contributed by atoms with Gasteiger partial charge in [0.15, 0.2) is 5.82 Å². The van der Waals surface area contributed by atoms with Crippen molar-refractivity contribution in [2.24, 2.45) is 0 Å². The summed E-state index contributed by atoms with van der Waals surface area (Å²) < 4.78 is 13.3. The second-order valence-corrected chi connectivity index (χ2v) is 7.13. The number of carbonyl (C=O) groups is 1. The molecule has 3 rings (SSSR count). The summed E-state index contributed by atoms with van der Waals surface area (Å²) in [7, 11) is 3.83. The molecule has 0 saturated carbocycles. The second-order valence-electron chi connectivity index (χ2n) is 6.72. The number of aromatic nitrogens is 3. The van der Waals surface area contributed by atoms with E-state index >= 15 is 0 Å². The van der Waals surface area contributed by atoms with Crippen LogP contribution in [0.15, 0.2) is 61.1 Å². The van der Waals surface area contributed by atoms with E-state index in [1.54, 1.807) is 36.5 Å². The van der Waals surface area contributed by atoms with Crippen LogP contribution >= 0.6 is 11.6 Å². The van der Waals surface area contributed by atoms with Crippen molar-refractivity contribution in [3.63, 3.8) is 0 Å². The van der Waals surface area contributed by atoms with Crippen molar-refractivity contribution in [3.8, 4) is 0 Å². The van der Waals surface area contributed by atoms with Crippen molar-refractivity contribution in [2.45, 2.75) is 0 Å². The Bertz CT molecular complexity index is 1090. The number of carbonyl (C=O) groups excluding carboxylic acids is 1. The first kappa shape index (κ1) is 22.1. The van der Waals surface area contributed by atoms with Gasteiger partial charge in [-0.2, -0.15) is 0 Å². The maximum Gasteiger partial charge on any atom is 0.249 e. The van der Waals surface area contributed by atoms with Crippen molar-refractivity contribution in [3.05, 3.63) is 71.9 Å². The lowest BCUT2D eigenvalue weighted by Crippen LogP contribution is -2.14. The number of rotatable bonds is 8. The molecule has 1 aromatic carbocycles. The molecule has 2 heterocycles. The molecule has 31 heavy (non-hydrogen) atoms. The SMILES string of the molecule is CN(C)CC=CC(=O)Nc1ncccc1Nc1cc(Nc2ccc(F)c(Cl)c2)ncn1. The van der Waals surface area contributed by atoms with E-state index in [4.69, 9.17) is 11.6 Å². The number of nitrogens with one attached hydrogen (secondary N) is 3. The number of nitrogens with zero attached hydrogens (tertiary/aromatic N) is 4. The standard InChI is InChI=1S/C21H21ClFN7O/c1-30(2)10-4-6-20(31)29-21-17(5-3-9-24-21)28-19-12-18(25-13-26-19)27-14-7-8-16(23)15(22)11-14/h3-9,11-13H,10H2,1-2H3,(H,24,29,31)(H2,25,26,27,28). The van der Waals surface area contributed by atoms with Gasteiger partial charge < -0.3 is 20.9 Å². The average Bonchev–Trinajstić information content (AvgIpc) is 2.72. The summed E-state index contributed by atoms with van der Waals surface area (Å²) >= 11 is 5.82. The van der Waals surface area contributed by atoms with Crippen LogP contribution in [-0.4, -0.2) is 46.4 Å². The Labute approximate surface area is 184 Å². The highest BCUT2D eigenvalue weighted by atomic mass is 35.5. The third-order valence-corrected chi connectivity index (χ3v) is 4.20. The Hall–Kier alpha value is -3.56. The molecule has 3 N–H and O–H groups in total. The molecule has 0 aliphatic heterocycles. The van der Waals surface area contributed by atoms with Crippen LogP contribution in [-0.2, 0) is 4.79 Å². The number of hydrogen-bond donors (Lipinski definition) is 3. The summed E-state index contributed by atoms with van der Waals surface area (Å²) in [5.74, 6) is 0.515. The summed E-state index contributed by atoms with van der Waals surface area (Å²) in [6.45, 7) is 0.650. The van der Waals surface area contributed by atoms with Gasteiger partial charge in [-0.05, 0) is 44.4 Å². The minimum Gasteiger partial charge on any atom is -0.340 e. The Morgan fingerprint density at radius 2 is 1.90 bits per heavy atom. The van der Waals surface area contributed by atoms with Gasteiger partial charge in [0.1, 0.15) is 23.8 Å². The third-order valence-electron chi connectivity index (χ3n) is 3.91. The summed E-state index contributed by atoms with van der Waals surface area (Å²) in [6.07, 6.45) is 6.17. The first-order valence-electron chi connectivity index (χ1n) is 9.29. The maximum absolute atomic E-state index is 13.3. The molecule has 10 heteroatoms. The van der Waals surface area contributed by atoms with E-state index < -0.39 is 5.82 Å². The van der Waals surface area contributed by atoms with E-state index in [-0.39, 0.29) is 10.9 Å². The topological polar surface area (TPSA) is 95.1 Å². The number of pyridine rings is 1. The minimum absolute atomic E-state index is 0.00720. The first-order chi connectivity index (χ1) is 14.9. The van der Waals surface area contributed by atoms with Gasteiger partial charge in [0, 0.05) is 30.6 Å². The van der Waals surface area contributed by atoms with Crippen LogP contribution in [0, 0.1) is 5.82 Å². The predicted molar refractivity (Wildman–Crippen MR) is 121 cm³/mol. The van der Waals surface area contributed by atoms with Gasteiger partial charge in [0.25, 0.3) is 0 Å². The van der Waals surface area contributed by atoms with E-state index in [2.05, 4.69) is 30.9 Å². The zero-order chi connectivity index (χ0) is 22.2. The first-order valence-corrected chi connectivity index (χ1v) is 9.67. The number of amides is 1. The molecule has 0 spiro atoms. The Morgan fingerprint density at radius 1 is 1.13 bits per heavy atom. The summed E-state index contributed by atoms with van der Waals surface area (Å²) in [5, 5.41) is 8.90. The Kier molecular flexibility index (Phi) is 7.47. The summed E-state index contributed by atoms with van der Waals surface area (Å²) in [5.41, 5.74) is 1.14. The molecule has 160 valence electrons. The number of anilines is 5. The van der Waals surface area contributed by atoms with Gasteiger partial charge in [-0.25, -0.2) is 19.3 Å². The van der Waals surface area contributed by atoms with Gasteiger partial charge in [0.2, 0.25) is 5.91 Å². The lowest BCUT2D eigenvalue weighted by atomic mass is 10.3. The van der Waals surface area contributed by atoms with Gasteiger partial charge in [-0.1, -0.05) is 17.7 Å². The van der Waals surface area contributed by atoms with Crippen LogP contribution in [0.4, 0.5) is 33.2 Å². The largest absolute Gasteiger partial charge is 0.340 e. The molecule has 1 amide bonds. The van der Waals surface area contributed by atoms with E-state index in [1.807, 2.05) is 19.0 Å². The van der Waals surface area contributed by atoms with Crippen LogP contribution in [0.5, 0.6) is 0 Å². The number of halogens is 2. The van der Waals surface area contributed by atoms with Crippen molar-refractivity contribution in [1.29, 1.82) is 0 Å². The smallest absolute Gasteiger partial charge is 0.249 e. The third kappa shape index (κ3) is 6.73. The van der Waals surface area contributed by atoms with E-state index in [1.165, 1.54) is 24.5 Å². The molecule has 0 fully saturated rings. The molecule has 0 aliphatic rings. The lowest BCUT2D eigenvalue weighted by molar-refractivity contribution is -0.111. The lowest BCUT2D eigenvalue weighted by Gasteiger charge is -2.12. The van der Waals surface area contributed by atoms with E-state index in [0.29, 0.717) is 35.4 Å². The molecule has 0 atom stereocenters. The second kappa shape index (κ2) is 10.5. The molecule has 0 unspecified atom stereocenters. The number of benzene rings is 1. The zero-order valence-corrected chi connectivity index (χ0v) is 17.7. The van der Waals surface area contributed by atoms with Crippen molar-refractivity contribution >= 4 is 46.3 Å². The molecule has 3 aromatic rings. The predicted octanol–water partition coefficient (Wildman–Crippen LogP) is 4.21. The van der Waals surface area contributed by atoms with Crippen LogP contribution in [0.1, 0.15) is 0 Å². The highest BCUT2D eigenvalue weighted by molar-refractivity contribution is 6.31. The molecule has 8 nitrogen and oxygen atoms in total. The molecule has 0 bridgehead atoms. The van der Waals surface area contributed by atoms with Gasteiger partial charge >= 0.3 is 0 Å². The minimum atomic E-state index is -0.500. The summed E-state index contributed by atoms with van der Waals surface area (Å²) in [6, 6.07) is 9.44. The highest BCUT2D eigenvalue weighted by Gasteiger charge is 2.08. The van der Waals surface area contributed by atoms with Crippen LogP contribution < -0.4 is 16.0 Å². The monoisotopic (exact) mass is 441 g/mol. The average molecular weight is 442 g/mol. The van der Waals surface area contributed by atoms with Crippen LogP contribution in [0.3, 0.4) is 0 Å². The summed E-state index contributed by atoms with van der Waals surface area (Å²) in [4.78, 5) is 26.6. The van der Waals surface area contributed by atoms with Gasteiger partial charge in [-0.15, -0.1) is 0 Å². The van der Waals surface area contributed by atoms with Crippen LogP contribution in [0.2, 0.25) is 5.02 Å². The zero-order valence-electron chi connectivity index (χ0n) is 16.9. The molecule has 0 radical (unpaired) electrons. The fourth-order valence-electron chi connectivity index (χ4n) is 2.49. The van der Waals surface area contributed by atoms with Gasteiger partial charge in [-0.3, -0.25) is 4.79 Å².